The smallest absolute Gasteiger partial charge is 0.238 e. The predicted octanol–water partition coefficient (Wildman–Crippen LogP) is 0.550. The Bertz CT molecular complexity index is 820. The summed E-state index contributed by atoms with van der Waals surface area (Å²) in [6.45, 7) is 4.84. The normalized spacial score (nSPS) is 19.1. The molecule has 2 aromatic rings. The third-order valence-electron chi connectivity index (χ3n) is 5.43. The molecular weight excluding hydrogens is 324 g/mol. The van der Waals surface area contributed by atoms with Gasteiger partial charge in [0.15, 0.2) is 0 Å². The van der Waals surface area contributed by atoms with Crippen LogP contribution in [0.25, 0.3) is 0 Å². The van der Waals surface area contributed by atoms with E-state index in [-0.39, 0.29) is 0 Å². The quantitative estimate of drug-likeness (QED) is 0.845. The predicted molar refractivity (Wildman–Crippen MR) is 99.9 cm³/mol. The van der Waals surface area contributed by atoms with Gasteiger partial charge in [0, 0.05) is 12.6 Å². The Morgan fingerprint density at radius 3 is 2.88 bits per heavy atom. The van der Waals surface area contributed by atoms with E-state index in [1.807, 2.05) is 18.2 Å². The van der Waals surface area contributed by atoms with Gasteiger partial charge >= 0.3 is 0 Å². The van der Waals surface area contributed by atoms with Gasteiger partial charge < -0.3 is 4.90 Å². The monoisotopic (exact) mass is 350 g/mol. The van der Waals surface area contributed by atoms with Gasteiger partial charge in [-0.3, -0.25) is 15.2 Å². The first kappa shape index (κ1) is 16.8. The molecule has 1 fully saturated rings. The van der Waals surface area contributed by atoms with Crippen LogP contribution in [0, 0.1) is 11.3 Å². The molecule has 2 aliphatic rings. The molecule has 0 spiro atoms. The highest BCUT2D eigenvalue weighted by Gasteiger charge is 2.32. The average molecular weight is 350 g/mol. The van der Waals surface area contributed by atoms with Gasteiger partial charge in [0.2, 0.25) is 11.6 Å². The van der Waals surface area contributed by atoms with Crippen molar-refractivity contribution in [1.82, 2.24) is 4.98 Å². The molecule has 2 aliphatic heterocycles. The zero-order chi connectivity index (χ0) is 17.9. The van der Waals surface area contributed by atoms with E-state index < -0.39 is 0 Å². The third kappa shape index (κ3) is 3.23. The van der Waals surface area contributed by atoms with Gasteiger partial charge in [-0.2, -0.15) is 5.26 Å². The zero-order valence-electron chi connectivity index (χ0n) is 15.3. The number of pyridine rings is 2. The summed E-state index contributed by atoms with van der Waals surface area (Å²) in [6.07, 6.45) is 5.23. The Hall–Kier alpha value is -2.65. The highest BCUT2D eigenvalue weighted by molar-refractivity contribution is 5.61. The van der Waals surface area contributed by atoms with Gasteiger partial charge in [-0.15, -0.1) is 0 Å². The molecule has 26 heavy (non-hydrogen) atoms. The summed E-state index contributed by atoms with van der Waals surface area (Å²) in [7, 11) is 2.23. The van der Waals surface area contributed by atoms with Gasteiger partial charge in [0.1, 0.15) is 24.7 Å². The van der Waals surface area contributed by atoms with Crippen molar-refractivity contribution in [3.05, 3.63) is 46.8 Å². The number of anilines is 2. The van der Waals surface area contributed by atoms with Crippen molar-refractivity contribution in [2.24, 2.45) is 0 Å². The number of quaternary nitrogens is 1. The van der Waals surface area contributed by atoms with Gasteiger partial charge in [-0.1, -0.05) is 6.07 Å². The van der Waals surface area contributed by atoms with Crippen LogP contribution in [0.1, 0.15) is 35.2 Å². The number of fused-ring (bicyclic) bond motifs is 1. The summed E-state index contributed by atoms with van der Waals surface area (Å²) in [5, 5.41) is 13.3. The maximum absolute atomic E-state index is 9.85. The fourth-order valence-corrected chi connectivity index (χ4v) is 4.04. The zero-order valence-corrected chi connectivity index (χ0v) is 15.3. The average Bonchev–Trinajstić information content (AvgIpc) is 3.20. The number of hydrogen-bond acceptors (Lipinski definition) is 4. The molecule has 0 aliphatic carbocycles. The number of nitriles is 1. The molecular formula is C20H26N6+2. The second-order valence-corrected chi connectivity index (χ2v) is 7.30. The van der Waals surface area contributed by atoms with Crippen LogP contribution in [0.2, 0.25) is 0 Å². The van der Waals surface area contributed by atoms with E-state index in [1.165, 1.54) is 34.7 Å². The molecule has 1 unspecified atom stereocenters. The molecule has 2 aromatic heterocycles. The maximum Gasteiger partial charge on any atom is 0.238 e. The van der Waals surface area contributed by atoms with E-state index in [2.05, 4.69) is 33.3 Å². The second-order valence-electron chi connectivity index (χ2n) is 7.30. The lowest BCUT2D eigenvalue weighted by Gasteiger charge is -2.26. The van der Waals surface area contributed by atoms with Crippen LogP contribution in [0.15, 0.2) is 24.4 Å². The Morgan fingerprint density at radius 2 is 2.15 bits per heavy atom. The van der Waals surface area contributed by atoms with E-state index in [0.29, 0.717) is 6.54 Å². The van der Waals surface area contributed by atoms with Crippen LogP contribution in [-0.2, 0) is 19.5 Å². The van der Waals surface area contributed by atoms with E-state index >= 15 is 0 Å². The highest BCUT2D eigenvalue weighted by Crippen LogP contribution is 2.29. The van der Waals surface area contributed by atoms with Crippen LogP contribution in [0.3, 0.4) is 0 Å². The summed E-state index contributed by atoms with van der Waals surface area (Å²) >= 11 is 0. The number of rotatable bonds is 4. The molecule has 0 saturated carbocycles. The molecule has 0 bridgehead atoms. The number of likely N-dealkylation sites (N-methyl/N-ethyl adjacent to an activating group) is 1. The Labute approximate surface area is 154 Å². The van der Waals surface area contributed by atoms with Crippen LogP contribution in [-0.4, -0.2) is 31.7 Å². The topological polar surface area (TPSA) is 70.5 Å². The molecule has 4 heterocycles. The summed E-state index contributed by atoms with van der Waals surface area (Å²) < 4.78 is 0. The summed E-state index contributed by atoms with van der Waals surface area (Å²) in [5.74, 6) is 2.04. The fraction of sp³-hybridized carbons (Fsp3) is 0.450. The van der Waals surface area contributed by atoms with Crippen LogP contribution in [0.4, 0.5) is 11.6 Å². The van der Waals surface area contributed by atoms with Crippen molar-refractivity contribution in [1.29, 1.82) is 5.26 Å². The van der Waals surface area contributed by atoms with Gasteiger partial charge in [0.05, 0.1) is 37.9 Å². The Kier molecular flexibility index (Phi) is 4.72. The Balaban J connectivity index is 1.73. The Morgan fingerprint density at radius 1 is 1.31 bits per heavy atom. The fourth-order valence-electron chi connectivity index (χ4n) is 4.04. The number of aromatic nitrogens is 2. The van der Waals surface area contributed by atoms with Crippen molar-refractivity contribution in [3.63, 3.8) is 0 Å². The summed E-state index contributed by atoms with van der Waals surface area (Å²) in [6, 6.07) is 8.35. The van der Waals surface area contributed by atoms with Crippen LogP contribution < -0.4 is 20.1 Å². The maximum atomic E-state index is 9.85. The molecule has 134 valence electrons. The standard InChI is InChI=1S/C20H24N6/c1-25-11-7-16-17(12-21)19(23-13-15-6-2-3-8-22-15)24-20(18(16)14-25)26-9-4-5-10-26/h2-3,6,8H,4-5,7,9-11,13-14H2,1H3,(H,23,24)/p+2. The lowest BCUT2D eigenvalue weighted by Crippen LogP contribution is -3.08. The summed E-state index contributed by atoms with van der Waals surface area (Å²) in [5.41, 5.74) is 4.29. The molecule has 6 heteroatoms. The first-order valence-corrected chi connectivity index (χ1v) is 9.47. The van der Waals surface area contributed by atoms with Crippen LogP contribution >= 0.6 is 0 Å². The summed E-state index contributed by atoms with van der Waals surface area (Å²) in [4.78, 5) is 11.9. The molecule has 0 aromatic carbocycles. The highest BCUT2D eigenvalue weighted by atomic mass is 15.2. The van der Waals surface area contributed by atoms with E-state index in [1.54, 1.807) is 6.20 Å². The minimum absolute atomic E-state index is 0.607. The number of nitrogens with one attached hydrogen (secondary N) is 3. The van der Waals surface area contributed by atoms with Gasteiger partial charge in [-0.05, 0) is 30.5 Å². The molecule has 1 atom stereocenters. The van der Waals surface area contributed by atoms with Crippen molar-refractivity contribution < 1.29 is 9.88 Å². The lowest BCUT2D eigenvalue weighted by molar-refractivity contribution is -0.895. The first-order valence-electron chi connectivity index (χ1n) is 9.47. The third-order valence-corrected chi connectivity index (χ3v) is 5.43. The molecule has 4 rings (SSSR count). The number of hydrogen-bond donors (Lipinski definition) is 2. The molecule has 3 N–H and O–H groups in total. The molecule has 6 nitrogen and oxygen atoms in total. The number of nitrogens with zero attached hydrogens (tertiary/aromatic N) is 3. The number of H-pyrrole nitrogens is 1. The van der Waals surface area contributed by atoms with E-state index in [4.69, 9.17) is 0 Å². The SMILES string of the molecule is C[NH+]1CCc2c(C#N)c(NCc3ccccn3)[nH+]c(N3CCCC3)c2C1. The molecule has 1 saturated heterocycles. The van der Waals surface area contributed by atoms with Gasteiger partial charge in [-0.25, -0.2) is 4.98 Å². The van der Waals surface area contributed by atoms with Crippen molar-refractivity contribution in [2.45, 2.75) is 32.4 Å². The van der Waals surface area contributed by atoms with E-state index in [0.717, 1.165) is 49.7 Å². The molecule has 0 amide bonds. The first-order chi connectivity index (χ1) is 12.8. The largest absolute Gasteiger partial charge is 0.333 e. The van der Waals surface area contributed by atoms with Crippen molar-refractivity contribution >= 4 is 11.6 Å². The minimum atomic E-state index is 0.607. The lowest BCUT2D eigenvalue weighted by atomic mass is 9.95. The van der Waals surface area contributed by atoms with Crippen molar-refractivity contribution in [2.75, 3.05) is 36.9 Å². The van der Waals surface area contributed by atoms with Crippen molar-refractivity contribution in [3.8, 4) is 6.07 Å². The van der Waals surface area contributed by atoms with E-state index in [9.17, 15) is 5.26 Å². The molecule has 0 radical (unpaired) electrons. The van der Waals surface area contributed by atoms with Gasteiger partial charge in [0.25, 0.3) is 0 Å². The number of aromatic amines is 1. The minimum Gasteiger partial charge on any atom is -0.333 e. The second kappa shape index (κ2) is 7.30. The van der Waals surface area contributed by atoms with Crippen LogP contribution in [0.5, 0.6) is 0 Å².